The second-order valence-corrected chi connectivity index (χ2v) is 9.14. The Balaban J connectivity index is 1.58. The van der Waals surface area contributed by atoms with Gasteiger partial charge in [-0.1, -0.05) is 48.0 Å². The number of benzene rings is 2. The summed E-state index contributed by atoms with van der Waals surface area (Å²) in [4.78, 5) is 24.3. The minimum Gasteiger partial charge on any atom is -0.337 e. The van der Waals surface area contributed by atoms with Crippen LogP contribution in [0, 0.1) is 10.1 Å². The molecule has 0 spiro atoms. The first-order chi connectivity index (χ1) is 14.3. The minimum atomic E-state index is -3.46. The number of amides is 1. The van der Waals surface area contributed by atoms with Gasteiger partial charge >= 0.3 is 0 Å². The fourth-order valence-corrected chi connectivity index (χ4v) is 4.81. The van der Waals surface area contributed by atoms with Crippen LogP contribution in [-0.2, 0) is 20.6 Å². The molecule has 2 aromatic rings. The SMILES string of the molecule is O=C(/C=C/c1ccc(Cl)c([N+](=O)[O-])c1)N1CCN(S(=O)(=O)Cc2ccccc2)CC1. The molecule has 1 saturated heterocycles. The molecule has 1 heterocycles. The van der Waals surface area contributed by atoms with Gasteiger partial charge in [-0.3, -0.25) is 14.9 Å². The van der Waals surface area contributed by atoms with E-state index in [2.05, 4.69) is 0 Å². The number of carbonyl (C=O) groups is 1. The Morgan fingerprint density at radius 1 is 1.10 bits per heavy atom. The Kier molecular flexibility index (Phi) is 6.86. The van der Waals surface area contributed by atoms with E-state index in [1.165, 1.54) is 28.6 Å². The molecule has 10 heteroatoms. The lowest BCUT2D eigenvalue weighted by atomic mass is 10.2. The van der Waals surface area contributed by atoms with Gasteiger partial charge in [0.2, 0.25) is 15.9 Å². The van der Waals surface area contributed by atoms with Crippen LogP contribution >= 0.6 is 11.6 Å². The molecule has 1 aliphatic heterocycles. The molecule has 30 heavy (non-hydrogen) atoms. The average Bonchev–Trinajstić information content (AvgIpc) is 2.73. The first kappa shape index (κ1) is 21.9. The van der Waals surface area contributed by atoms with Crippen LogP contribution in [-0.4, -0.2) is 54.6 Å². The maximum atomic E-state index is 12.6. The zero-order valence-corrected chi connectivity index (χ0v) is 17.6. The molecule has 0 aliphatic carbocycles. The number of halogens is 1. The summed E-state index contributed by atoms with van der Waals surface area (Å²) in [6.07, 6.45) is 2.80. The highest BCUT2D eigenvalue weighted by molar-refractivity contribution is 7.88. The zero-order chi connectivity index (χ0) is 21.7. The third-order valence-corrected chi connectivity index (χ3v) is 6.89. The summed E-state index contributed by atoms with van der Waals surface area (Å²) in [5.74, 6) is -0.357. The largest absolute Gasteiger partial charge is 0.337 e. The molecule has 0 bridgehead atoms. The Morgan fingerprint density at radius 2 is 1.77 bits per heavy atom. The molecule has 1 fully saturated rings. The molecule has 158 valence electrons. The molecule has 8 nitrogen and oxygen atoms in total. The molecule has 0 unspecified atom stereocenters. The third kappa shape index (κ3) is 5.44. The first-order valence-electron chi connectivity index (χ1n) is 9.19. The second kappa shape index (κ2) is 9.38. The van der Waals surface area contributed by atoms with Gasteiger partial charge in [0.15, 0.2) is 0 Å². The van der Waals surface area contributed by atoms with Crippen LogP contribution in [0.1, 0.15) is 11.1 Å². The van der Waals surface area contributed by atoms with Gasteiger partial charge in [-0.05, 0) is 23.3 Å². The zero-order valence-electron chi connectivity index (χ0n) is 16.0. The highest BCUT2D eigenvalue weighted by atomic mass is 35.5. The van der Waals surface area contributed by atoms with Crippen molar-refractivity contribution in [1.82, 2.24) is 9.21 Å². The first-order valence-corrected chi connectivity index (χ1v) is 11.2. The molecule has 0 N–H and O–H groups in total. The van der Waals surface area contributed by atoms with Gasteiger partial charge in [-0.25, -0.2) is 8.42 Å². The van der Waals surface area contributed by atoms with Crippen LogP contribution in [0.4, 0.5) is 5.69 Å². The Labute approximate surface area is 179 Å². The molecular formula is C20H20ClN3O5S. The minimum absolute atomic E-state index is 0.0244. The number of nitro benzene ring substituents is 1. The molecule has 1 amide bonds. The summed E-state index contributed by atoms with van der Waals surface area (Å²) in [5.41, 5.74) is 0.961. The van der Waals surface area contributed by atoms with E-state index < -0.39 is 14.9 Å². The van der Waals surface area contributed by atoms with E-state index in [0.29, 0.717) is 5.56 Å². The number of hydrogen-bond donors (Lipinski definition) is 0. The Morgan fingerprint density at radius 3 is 2.40 bits per heavy atom. The highest BCUT2D eigenvalue weighted by Gasteiger charge is 2.28. The normalized spacial score (nSPS) is 15.4. The molecule has 1 aliphatic rings. The predicted octanol–water partition coefficient (Wildman–Crippen LogP) is 2.94. The number of nitro groups is 1. The van der Waals surface area contributed by atoms with Gasteiger partial charge in [0.05, 0.1) is 10.7 Å². The summed E-state index contributed by atoms with van der Waals surface area (Å²) in [6.45, 7) is 0.998. The van der Waals surface area contributed by atoms with Crippen molar-refractivity contribution in [2.75, 3.05) is 26.2 Å². The molecule has 0 radical (unpaired) electrons. The fourth-order valence-electron chi connectivity index (χ4n) is 3.11. The van der Waals surface area contributed by atoms with Crippen molar-refractivity contribution >= 4 is 39.3 Å². The van der Waals surface area contributed by atoms with Gasteiger partial charge < -0.3 is 4.90 Å². The van der Waals surface area contributed by atoms with Gasteiger partial charge in [-0.15, -0.1) is 0 Å². The van der Waals surface area contributed by atoms with Crippen LogP contribution in [0.3, 0.4) is 0 Å². The van der Waals surface area contributed by atoms with Crippen molar-refractivity contribution in [3.8, 4) is 0 Å². The van der Waals surface area contributed by atoms with Gasteiger partial charge in [0, 0.05) is 38.3 Å². The van der Waals surface area contributed by atoms with Crippen LogP contribution in [0.15, 0.2) is 54.6 Å². The summed E-state index contributed by atoms with van der Waals surface area (Å²) in [5, 5.41) is 11.0. The standard InChI is InChI=1S/C20H20ClN3O5S/c21-18-8-6-16(14-19(18)24(26)27)7-9-20(25)22-10-12-23(13-11-22)30(28,29)15-17-4-2-1-3-5-17/h1-9,14H,10-13,15H2/b9-7+. The monoisotopic (exact) mass is 449 g/mol. The number of sulfonamides is 1. The summed E-state index contributed by atoms with van der Waals surface area (Å²) < 4.78 is 26.6. The van der Waals surface area contributed by atoms with Crippen LogP contribution in [0.5, 0.6) is 0 Å². The number of piperazine rings is 1. The van der Waals surface area contributed by atoms with Crippen LogP contribution in [0.2, 0.25) is 5.02 Å². The second-order valence-electron chi connectivity index (χ2n) is 6.77. The molecule has 0 atom stereocenters. The topological polar surface area (TPSA) is 101 Å². The molecule has 3 rings (SSSR count). The van der Waals surface area contributed by atoms with Crippen LogP contribution < -0.4 is 0 Å². The molecule has 0 aromatic heterocycles. The maximum Gasteiger partial charge on any atom is 0.288 e. The number of hydrogen-bond acceptors (Lipinski definition) is 5. The summed E-state index contributed by atoms with van der Waals surface area (Å²) in [7, 11) is -3.46. The molecular weight excluding hydrogens is 430 g/mol. The molecule has 2 aromatic carbocycles. The molecule has 0 saturated carbocycles. The van der Waals surface area contributed by atoms with Crippen molar-refractivity contribution in [3.63, 3.8) is 0 Å². The van der Waals surface area contributed by atoms with Crippen molar-refractivity contribution in [2.24, 2.45) is 0 Å². The van der Waals surface area contributed by atoms with Gasteiger partial charge in [-0.2, -0.15) is 4.31 Å². The highest BCUT2D eigenvalue weighted by Crippen LogP contribution is 2.25. The van der Waals surface area contributed by atoms with E-state index in [0.717, 1.165) is 5.56 Å². The number of carbonyl (C=O) groups excluding carboxylic acids is 1. The smallest absolute Gasteiger partial charge is 0.288 e. The lowest BCUT2D eigenvalue weighted by molar-refractivity contribution is -0.384. The average molecular weight is 450 g/mol. The van der Waals surface area contributed by atoms with Crippen molar-refractivity contribution in [1.29, 1.82) is 0 Å². The lowest BCUT2D eigenvalue weighted by Crippen LogP contribution is -2.50. The number of rotatable bonds is 6. The fraction of sp³-hybridized carbons (Fsp3) is 0.250. The predicted molar refractivity (Wildman–Crippen MR) is 114 cm³/mol. The number of nitrogens with zero attached hydrogens (tertiary/aromatic N) is 3. The lowest BCUT2D eigenvalue weighted by Gasteiger charge is -2.33. The third-order valence-electron chi connectivity index (χ3n) is 4.72. The van der Waals surface area contributed by atoms with Crippen molar-refractivity contribution in [3.05, 3.63) is 80.9 Å². The van der Waals surface area contributed by atoms with Gasteiger partial charge in [0.1, 0.15) is 5.02 Å². The van der Waals surface area contributed by atoms with E-state index in [1.807, 2.05) is 6.07 Å². The Hall–Kier alpha value is -2.75. The van der Waals surface area contributed by atoms with E-state index >= 15 is 0 Å². The van der Waals surface area contributed by atoms with Gasteiger partial charge in [0.25, 0.3) is 5.69 Å². The van der Waals surface area contributed by atoms with Crippen molar-refractivity contribution < 1.29 is 18.1 Å². The summed E-state index contributed by atoms with van der Waals surface area (Å²) >= 11 is 5.78. The van der Waals surface area contributed by atoms with E-state index in [1.54, 1.807) is 35.2 Å². The van der Waals surface area contributed by atoms with Crippen LogP contribution in [0.25, 0.3) is 6.08 Å². The van der Waals surface area contributed by atoms with E-state index in [4.69, 9.17) is 11.6 Å². The quantitative estimate of drug-likeness (QED) is 0.383. The summed E-state index contributed by atoms with van der Waals surface area (Å²) in [6, 6.07) is 13.2. The Bertz CT molecular complexity index is 1070. The maximum absolute atomic E-state index is 12.6. The van der Waals surface area contributed by atoms with E-state index in [9.17, 15) is 23.3 Å². The van der Waals surface area contributed by atoms with Crippen molar-refractivity contribution in [2.45, 2.75) is 5.75 Å². The van der Waals surface area contributed by atoms with E-state index in [-0.39, 0.29) is 48.5 Å².